The minimum Gasteiger partial charge on any atom is -0.369 e. The van der Waals surface area contributed by atoms with Crippen molar-refractivity contribution in [2.45, 2.75) is 26.3 Å². The van der Waals surface area contributed by atoms with Gasteiger partial charge in [-0.1, -0.05) is 0 Å². The summed E-state index contributed by atoms with van der Waals surface area (Å²) >= 11 is 0. The monoisotopic (exact) mass is 208 g/mol. The van der Waals surface area contributed by atoms with Crippen LogP contribution in [0, 0.1) is 5.92 Å². The van der Waals surface area contributed by atoms with Crippen molar-refractivity contribution < 1.29 is 0 Å². The summed E-state index contributed by atoms with van der Waals surface area (Å²) in [7, 11) is 0. The molecule has 15 heavy (non-hydrogen) atoms. The molecule has 1 atom stereocenters. The molecule has 4 nitrogen and oxygen atoms in total. The van der Waals surface area contributed by atoms with Crippen molar-refractivity contribution in [1.29, 1.82) is 0 Å². The van der Waals surface area contributed by atoms with Gasteiger partial charge in [0.25, 0.3) is 0 Å². The largest absolute Gasteiger partial charge is 0.369 e. The van der Waals surface area contributed by atoms with Crippen molar-refractivity contribution in [3.63, 3.8) is 0 Å². The second-order valence-electron chi connectivity index (χ2n) is 4.61. The van der Waals surface area contributed by atoms with Crippen molar-refractivity contribution in [3.8, 4) is 0 Å². The first kappa shape index (κ1) is 10.5. The van der Waals surface area contributed by atoms with E-state index in [0.29, 0.717) is 12.0 Å². The maximum Gasteiger partial charge on any atom is 0.0752 e. The molecule has 1 aliphatic heterocycles. The second kappa shape index (κ2) is 4.23. The SMILES string of the molecule is CC(C)n1cc(N2CCC(CN)C2)cn1. The summed E-state index contributed by atoms with van der Waals surface area (Å²) in [6, 6.07) is 0.437. The number of aromatic nitrogens is 2. The van der Waals surface area contributed by atoms with Gasteiger partial charge in [-0.3, -0.25) is 4.68 Å². The molecule has 0 radical (unpaired) electrons. The van der Waals surface area contributed by atoms with Crippen LogP contribution in [-0.4, -0.2) is 29.4 Å². The summed E-state index contributed by atoms with van der Waals surface area (Å²) in [4.78, 5) is 2.38. The first-order valence-corrected chi connectivity index (χ1v) is 5.70. The first-order valence-electron chi connectivity index (χ1n) is 5.70. The van der Waals surface area contributed by atoms with Crippen molar-refractivity contribution in [2.24, 2.45) is 11.7 Å². The highest BCUT2D eigenvalue weighted by atomic mass is 15.3. The number of anilines is 1. The van der Waals surface area contributed by atoms with Gasteiger partial charge in [0.05, 0.1) is 11.9 Å². The van der Waals surface area contributed by atoms with Crippen LogP contribution in [0.5, 0.6) is 0 Å². The van der Waals surface area contributed by atoms with Crippen molar-refractivity contribution in [3.05, 3.63) is 12.4 Å². The Balaban J connectivity index is 2.04. The van der Waals surface area contributed by atoms with E-state index in [2.05, 4.69) is 30.0 Å². The normalized spacial score (nSPS) is 21.6. The fourth-order valence-corrected chi connectivity index (χ4v) is 2.03. The van der Waals surface area contributed by atoms with Crippen LogP contribution in [0.15, 0.2) is 12.4 Å². The molecule has 4 heteroatoms. The third kappa shape index (κ3) is 2.15. The van der Waals surface area contributed by atoms with E-state index in [9.17, 15) is 0 Å². The smallest absolute Gasteiger partial charge is 0.0752 e. The van der Waals surface area contributed by atoms with Crippen molar-refractivity contribution >= 4 is 5.69 Å². The van der Waals surface area contributed by atoms with Crippen LogP contribution in [0.4, 0.5) is 5.69 Å². The highest BCUT2D eigenvalue weighted by Crippen LogP contribution is 2.23. The molecule has 2 heterocycles. The molecule has 0 amide bonds. The maximum atomic E-state index is 5.68. The average Bonchev–Trinajstić information content (AvgIpc) is 2.86. The summed E-state index contributed by atoms with van der Waals surface area (Å²) in [5, 5.41) is 4.35. The molecule has 1 aliphatic rings. The number of hydrogen-bond acceptors (Lipinski definition) is 3. The highest BCUT2D eigenvalue weighted by molar-refractivity contribution is 5.43. The lowest BCUT2D eigenvalue weighted by Gasteiger charge is -2.15. The standard InChI is InChI=1S/C11H20N4/c1-9(2)15-8-11(6-13-15)14-4-3-10(5-12)7-14/h6,8-10H,3-5,7,12H2,1-2H3. The Labute approximate surface area is 91.1 Å². The minimum atomic E-state index is 0.437. The molecular weight excluding hydrogens is 188 g/mol. The van der Waals surface area contributed by atoms with Crippen molar-refractivity contribution in [2.75, 3.05) is 24.5 Å². The molecule has 2 N–H and O–H groups in total. The molecular formula is C11H20N4. The minimum absolute atomic E-state index is 0.437. The lowest BCUT2D eigenvalue weighted by Crippen LogP contribution is -2.22. The molecule has 0 saturated carbocycles. The summed E-state index contributed by atoms with van der Waals surface area (Å²) in [6.07, 6.45) is 5.30. The molecule has 1 aromatic rings. The van der Waals surface area contributed by atoms with E-state index in [-0.39, 0.29) is 0 Å². The molecule has 0 bridgehead atoms. The van der Waals surface area contributed by atoms with Gasteiger partial charge in [-0.2, -0.15) is 5.10 Å². The second-order valence-corrected chi connectivity index (χ2v) is 4.61. The Morgan fingerprint density at radius 3 is 2.93 bits per heavy atom. The zero-order valence-corrected chi connectivity index (χ0v) is 9.56. The van der Waals surface area contributed by atoms with Crippen LogP contribution < -0.4 is 10.6 Å². The fourth-order valence-electron chi connectivity index (χ4n) is 2.03. The van der Waals surface area contributed by atoms with E-state index in [4.69, 9.17) is 5.73 Å². The summed E-state index contributed by atoms with van der Waals surface area (Å²) < 4.78 is 2.01. The van der Waals surface area contributed by atoms with Crippen LogP contribution in [0.1, 0.15) is 26.3 Å². The zero-order chi connectivity index (χ0) is 10.8. The number of rotatable bonds is 3. The molecule has 2 rings (SSSR count). The molecule has 0 spiro atoms. The molecule has 1 saturated heterocycles. The van der Waals surface area contributed by atoms with Gasteiger partial charge in [-0.05, 0) is 32.7 Å². The number of nitrogens with two attached hydrogens (primary N) is 1. The van der Waals surface area contributed by atoms with E-state index >= 15 is 0 Å². The topological polar surface area (TPSA) is 47.1 Å². The van der Waals surface area contributed by atoms with Gasteiger partial charge in [0.2, 0.25) is 0 Å². The lowest BCUT2D eigenvalue weighted by atomic mass is 10.1. The lowest BCUT2D eigenvalue weighted by molar-refractivity contribution is 0.532. The Kier molecular flexibility index (Phi) is 2.95. The van der Waals surface area contributed by atoms with Gasteiger partial charge in [0.15, 0.2) is 0 Å². The molecule has 1 unspecified atom stereocenters. The quantitative estimate of drug-likeness (QED) is 0.813. The highest BCUT2D eigenvalue weighted by Gasteiger charge is 2.22. The summed E-state index contributed by atoms with van der Waals surface area (Å²) in [6.45, 7) is 7.29. The van der Waals surface area contributed by atoms with E-state index in [1.807, 2.05) is 10.9 Å². The molecule has 0 aliphatic carbocycles. The van der Waals surface area contributed by atoms with Crippen LogP contribution in [0.3, 0.4) is 0 Å². The number of nitrogens with zero attached hydrogens (tertiary/aromatic N) is 3. The van der Waals surface area contributed by atoms with E-state index in [0.717, 1.165) is 19.6 Å². The molecule has 1 aromatic heterocycles. The zero-order valence-electron chi connectivity index (χ0n) is 9.56. The summed E-state index contributed by atoms with van der Waals surface area (Å²) in [5.74, 6) is 0.660. The van der Waals surface area contributed by atoms with Gasteiger partial charge in [0, 0.05) is 25.3 Å². The van der Waals surface area contributed by atoms with E-state index < -0.39 is 0 Å². The van der Waals surface area contributed by atoms with Gasteiger partial charge < -0.3 is 10.6 Å². The molecule has 0 aromatic carbocycles. The van der Waals surface area contributed by atoms with Crippen molar-refractivity contribution in [1.82, 2.24) is 9.78 Å². The van der Waals surface area contributed by atoms with Crippen LogP contribution in [0.25, 0.3) is 0 Å². The van der Waals surface area contributed by atoms with Gasteiger partial charge in [-0.25, -0.2) is 0 Å². The molecule has 1 fully saturated rings. The van der Waals surface area contributed by atoms with Crippen LogP contribution in [0.2, 0.25) is 0 Å². The summed E-state index contributed by atoms with van der Waals surface area (Å²) in [5.41, 5.74) is 6.92. The van der Waals surface area contributed by atoms with Crippen LogP contribution in [-0.2, 0) is 0 Å². The van der Waals surface area contributed by atoms with E-state index in [1.165, 1.54) is 12.1 Å². The first-order chi connectivity index (χ1) is 7.20. The Morgan fingerprint density at radius 2 is 2.40 bits per heavy atom. The predicted octanol–water partition coefficient (Wildman–Crippen LogP) is 1.25. The Morgan fingerprint density at radius 1 is 1.60 bits per heavy atom. The van der Waals surface area contributed by atoms with Crippen LogP contribution >= 0.6 is 0 Å². The maximum absolute atomic E-state index is 5.68. The average molecular weight is 208 g/mol. The number of hydrogen-bond donors (Lipinski definition) is 1. The fraction of sp³-hybridized carbons (Fsp3) is 0.727. The third-order valence-electron chi connectivity index (χ3n) is 3.10. The predicted molar refractivity (Wildman–Crippen MR) is 62.0 cm³/mol. The van der Waals surface area contributed by atoms with Gasteiger partial charge >= 0.3 is 0 Å². The Hall–Kier alpha value is -1.03. The third-order valence-corrected chi connectivity index (χ3v) is 3.10. The van der Waals surface area contributed by atoms with Gasteiger partial charge in [-0.15, -0.1) is 0 Å². The van der Waals surface area contributed by atoms with E-state index in [1.54, 1.807) is 0 Å². The molecule has 84 valence electrons. The van der Waals surface area contributed by atoms with Gasteiger partial charge in [0.1, 0.15) is 0 Å². The Bertz CT molecular complexity index is 318.